The van der Waals surface area contributed by atoms with Crippen molar-refractivity contribution in [2.45, 2.75) is 46.1 Å². The minimum Gasteiger partial charge on any atom is -0.444 e. The highest BCUT2D eigenvalue weighted by Gasteiger charge is 2.29. The van der Waals surface area contributed by atoms with Gasteiger partial charge in [-0.25, -0.2) is 4.79 Å². The second-order valence-corrected chi connectivity index (χ2v) is 5.74. The predicted octanol–water partition coefficient (Wildman–Crippen LogP) is 1.77. The molecule has 0 saturated carbocycles. The Morgan fingerprint density at radius 3 is 2.61 bits per heavy atom. The molecular formula is C13H24N2O3. The SMILES string of the molecule is CCC(=O)NCC1CCN(C(=O)OC(C)(C)C)C1. The van der Waals surface area contributed by atoms with Crippen LogP contribution in [-0.4, -0.2) is 42.1 Å². The second kappa shape index (κ2) is 6.07. The van der Waals surface area contributed by atoms with Crippen LogP contribution in [0, 0.1) is 5.92 Å². The van der Waals surface area contributed by atoms with E-state index < -0.39 is 5.60 Å². The Hall–Kier alpha value is -1.26. The lowest BCUT2D eigenvalue weighted by atomic mass is 10.1. The third kappa shape index (κ3) is 4.94. The lowest BCUT2D eigenvalue weighted by Gasteiger charge is -2.24. The topological polar surface area (TPSA) is 58.6 Å². The molecule has 0 aromatic carbocycles. The molecule has 1 unspecified atom stereocenters. The van der Waals surface area contributed by atoms with Gasteiger partial charge in [0.25, 0.3) is 0 Å². The quantitative estimate of drug-likeness (QED) is 0.837. The van der Waals surface area contributed by atoms with Crippen LogP contribution in [-0.2, 0) is 9.53 Å². The van der Waals surface area contributed by atoms with Crippen LogP contribution < -0.4 is 5.32 Å². The zero-order chi connectivity index (χ0) is 13.8. The molecule has 5 nitrogen and oxygen atoms in total. The van der Waals surface area contributed by atoms with Crippen molar-refractivity contribution >= 4 is 12.0 Å². The summed E-state index contributed by atoms with van der Waals surface area (Å²) in [5, 5.41) is 2.86. The minimum atomic E-state index is -0.453. The maximum Gasteiger partial charge on any atom is 0.410 e. The fraction of sp³-hybridized carbons (Fsp3) is 0.846. The number of amides is 2. The Labute approximate surface area is 109 Å². The van der Waals surface area contributed by atoms with Gasteiger partial charge >= 0.3 is 6.09 Å². The first kappa shape index (κ1) is 14.8. The summed E-state index contributed by atoms with van der Waals surface area (Å²) in [6.07, 6.45) is 1.16. The van der Waals surface area contributed by atoms with E-state index in [1.165, 1.54) is 0 Å². The van der Waals surface area contributed by atoms with E-state index in [1.807, 2.05) is 27.7 Å². The van der Waals surface area contributed by atoms with Gasteiger partial charge in [0.2, 0.25) is 5.91 Å². The van der Waals surface area contributed by atoms with Gasteiger partial charge in [-0.2, -0.15) is 0 Å². The van der Waals surface area contributed by atoms with Gasteiger partial charge in [0.05, 0.1) is 0 Å². The summed E-state index contributed by atoms with van der Waals surface area (Å²) >= 11 is 0. The van der Waals surface area contributed by atoms with Gasteiger partial charge in [-0.3, -0.25) is 4.79 Å². The lowest BCUT2D eigenvalue weighted by molar-refractivity contribution is -0.120. The highest BCUT2D eigenvalue weighted by molar-refractivity contribution is 5.75. The molecule has 18 heavy (non-hydrogen) atoms. The maximum atomic E-state index is 11.8. The van der Waals surface area contributed by atoms with Gasteiger partial charge in [-0.15, -0.1) is 0 Å². The molecular weight excluding hydrogens is 232 g/mol. The van der Waals surface area contributed by atoms with Crippen molar-refractivity contribution in [2.75, 3.05) is 19.6 Å². The normalized spacial score (nSPS) is 19.8. The van der Waals surface area contributed by atoms with Crippen LogP contribution in [0.2, 0.25) is 0 Å². The Balaban J connectivity index is 2.32. The number of carbonyl (C=O) groups excluding carboxylic acids is 2. The largest absolute Gasteiger partial charge is 0.444 e. The number of ether oxygens (including phenoxy) is 1. The van der Waals surface area contributed by atoms with Crippen LogP contribution in [0.25, 0.3) is 0 Å². The number of likely N-dealkylation sites (tertiary alicyclic amines) is 1. The Bertz CT molecular complexity index is 310. The van der Waals surface area contributed by atoms with E-state index in [-0.39, 0.29) is 12.0 Å². The summed E-state index contributed by atoms with van der Waals surface area (Å²) < 4.78 is 5.32. The van der Waals surface area contributed by atoms with Crippen molar-refractivity contribution in [2.24, 2.45) is 5.92 Å². The zero-order valence-corrected chi connectivity index (χ0v) is 11.8. The molecule has 1 heterocycles. The molecule has 1 saturated heterocycles. The van der Waals surface area contributed by atoms with Crippen LogP contribution in [0.1, 0.15) is 40.5 Å². The van der Waals surface area contributed by atoms with E-state index in [4.69, 9.17) is 4.74 Å². The Morgan fingerprint density at radius 1 is 1.39 bits per heavy atom. The van der Waals surface area contributed by atoms with Crippen LogP contribution in [0.3, 0.4) is 0 Å². The highest BCUT2D eigenvalue weighted by Crippen LogP contribution is 2.18. The van der Waals surface area contributed by atoms with E-state index in [2.05, 4.69) is 5.32 Å². The molecule has 0 aromatic rings. The van der Waals surface area contributed by atoms with Crippen molar-refractivity contribution in [3.05, 3.63) is 0 Å². The van der Waals surface area contributed by atoms with Crippen LogP contribution in [0.4, 0.5) is 4.79 Å². The summed E-state index contributed by atoms with van der Waals surface area (Å²) in [4.78, 5) is 24.7. The van der Waals surface area contributed by atoms with E-state index in [9.17, 15) is 9.59 Å². The predicted molar refractivity (Wildman–Crippen MR) is 69.2 cm³/mol. The molecule has 0 spiro atoms. The lowest BCUT2D eigenvalue weighted by Crippen LogP contribution is -2.36. The molecule has 2 amide bonds. The molecule has 1 aliphatic rings. The van der Waals surface area contributed by atoms with Crippen molar-refractivity contribution in [1.29, 1.82) is 0 Å². The van der Waals surface area contributed by atoms with E-state index in [0.717, 1.165) is 6.42 Å². The monoisotopic (exact) mass is 256 g/mol. The smallest absolute Gasteiger partial charge is 0.410 e. The average molecular weight is 256 g/mol. The molecule has 0 bridgehead atoms. The highest BCUT2D eigenvalue weighted by atomic mass is 16.6. The molecule has 5 heteroatoms. The number of hydrogen-bond donors (Lipinski definition) is 1. The van der Waals surface area contributed by atoms with Crippen molar-refractivity contribution < 1.29 is 14.3 Å². The van der Waals surface area contributed by atoms with Gasteiger partial charge in [0.15, 0.2) is 0 Å². The maximum absolute atomic E-state index is 11.8. The standard InChI is InChI=1S/C13H24N2O3/c1-5-11(16)14-8-10-6-7-15(9-10)12(17)18-13(2,3)4/h10H,5-9H2,1-4H3,(H,14,16). The molecule has 1 rings (SSSR count). The van der Waals surface area contributed by atoms with Gasteiger partial charge in [-0.1, -0.05) is 6.92 Å². The van der Waals surface area contributed by atoms with E-state index >= 15 is 0 Å². The minimum absolute atomic E-state index is 0.0609. The van der Waals surface area contributed by atoms with Crippen molar-refractivity contribution in [1.82, 2.24) is 10.2 Å². The van der Waals surface area contributed by atoms with Crippen LogP contribution in [0.15, 0.2) is 0 Å². The molecule has 0 radical (unpaired) electrons. The van der Waals surface area contributed by atoms with Gasteiger partial charge in [-0.05, 0) is 33.1 Å². The van der Waals surface area contributed by atoms with Crippen LogP contribution in [0.5, 0.6) is 0 Å². The number of hydrogen-bond acceptors (Lipinski definition) is 3. The summed E-state index contributed by atoms with van der Waals surface area (Å²) in [5.74, 6) is 0.402. The number of nitrogens with one attached hydrogen (secondary N) is 1. The van der Waals surface area contributed by atoms with Crippen molar-refractivity contribution in [3.8, 4) is 0 Å². The summed E-state index contributed by atoms with van der Waals surface area (Å²) in [6.45, 7) is 9.43. The third-order valence-corrected chi connectivity index (χ3v) is 2.85. The van der Waals surface area contributed by atoms with E-state index in [0.29, 0.717) is 32.0 Å². The van der Waals surface area contributed by atoms with Gasteiger partial charge < -0.3 is 15.0 Å². The first-order valence-corrected chi connectivity index (χ1v) is 6.56. The molecule has 0 aliphatic carbocycles. The molecule has 1 aliphatic heterocycles. The Morgan fingerprint density at radius 2 is 2.06 bits per heavy atom. The first-order valence-electron chi connectivity index (χ1n) is 6.56. The third-order valence-electron chi connectivity index (χ3n) is 2.85. The number of carbonyl (C=O) groups is 2. The van der Waals surface area contributed by atoms with Gasteiger partial charge in [0.1, 0.15) is 5.60 Å². The molecule has 1 N–H and O–H groups in total. The summed E-state index contributed by atoms with van der Waals surface area (Å²) in [6, 6.07) is 0. The fourth-order valence-corrected chi connectivity index (χ4v) is 1.87. The second-order valence-electron chi connectivity index (χ2n) is 5.74. The molecule has 1 atom stereocenters. The Kier molecular flexibility index (Phi) is 4.99. The van der Waals surface area contributed by atoms with E-state index in [1.54, 1.807) is 4.90 Å². The summed E-state index contributed by atoms with van der Waals surface area (Å²) in [5.41, 5.74) is -0.453. The number of rotatable bonds is 3. The average Bonchev–Trinajstić information content (AvgIpc) is 2.72. The molecule has 1 fully saturated rings. The summed E-state index contributed by atoms with van der Waals surface area (Å²) in [7, 11) is 0. The number of nitrogens with zero attached hydrogens (tertiary/aromatic N) is 1. The first-order chi connectivity index (χ1) is 8.31. The van der Waals surface area contributed by atoms with Gasteiger partial charge in [0, 0.05) is 26.1 Å². The zero-order valence-electron chi connectivity index (χ0n) is 11.8. The molecule has 104 valence electrons. The molecule has 0 aromatic heterocycles. The van der Waals surface area contributed by atoms with Crippen LogP contribution >= 0.6 is 0 Å². The van der Waals surface area contributed by atoms with Crippen molar-refractivity contribution in [3.63, 3.8) is 0 Å². The fourth-order valence-electron chi connectivity index (χ4n) is 1.87.